The molecule has 1 N–H and O–H groups in total. The topological polar surface area (TPSA) is 84.5 Å². The molecule has 0 fully saturated rings. The molecule has 0 aliphatic heterocycles. The van der Waals surface area contributed by atoms with E-state index in [1.165, 1.54) is 6.26 Å². The van der Waals surface area contributed by atoms with Gasteiger partial charge in [-0.05, 0) is 54.4 Å². The summed E-state index contributed by atoms with van der Waals surface area (Å²) in [6.07, 6.45) is 2.92. The van der Waals surface area contributed by atoms with Gasteiger partial charge in [-0.3, -0.25) is 4.57 Å². The van der Waals surface area contributed by atoms with Gasteiger partial charge in [0.2, 0.25) is 0 Å². The smallest absolute Gasteiger partial charge is 0.175 e. The van der Waals surface area contributed by atoms with E-state index in [4.69, 9.17) is 23.2 Å². The second-order valence-electron chi connectivity index (χ2n) is 7.45. The molecule has 0 saturated heterocycles. The van der Waals surface area contributed by atoms with E-state index in [2.05, 4.69) is 10.1 Å². The van der Waals surface area contributed by atoms with Gasteiger partial charge in [0.15, 0.2) is 9.84 Å². The van der Waals surface area contributed by atoms with Crippen molar-refractivity contribution in [2.75, 3.05) is 6.26 Å². The Morgan fingerprint density at radius 3 is 2.21 bits per heavy atom. The van der Waals surface area contributed by atoms with E-state index >= 15 is 0 Å². The highest BCUT2D eigenvalue weighted by molar-refractivity contribution is 7.90. The zero-order valence-corrected chi connectivity index (χ0v) is 20.0. The maximum Gasteiger partial charge on any atom is 0.175 e. The van der Waals surface area contributed by atoms with Gasteiger partial charge >= 0.3 is 0 Å². The second-order valence-corrected chi connectivity index (χ2v) is 10.3. The Hall–Kier alpha value is -3.13. The molecule has 0 aliphatic carbocycles. The van der Waals surface area contributed by atoms with E-state index in [-0.39, 0.29) is 4.90 Å². The van der Waals surface area contributed by atoms with Crippen LogP contribution in [0.1, 0.15) is 12.6 Å². The molecule has 1 aromatic heterocycles. The molecule has 4 rings (SSSR count). The Bertz CT molecular complexity index is 1460. The molecule has 4 aromatic rings. The first-order chi connectivity index (χ1) is 15.7. The van der Waals surface area contributed by atoms with E-state index in [1.807, 2.05) is 34.9 Å². The van der Waals surface area contributed by atoms with Crippen LogP contribution in [-0.4, -0.2) is 35.1 Å². The van der Waals surface area contributed by atoms with Gasteiger partial charge in [0.05, 0.1) is 20.5 Å². The monoisotopic (exact) mass is 499 g/mol. The summed E-state index contributed by atoms with van der Waals surface area (Å²) in [5.41, 5.74) is 3.78. The first-order valence-corrected chi connectivity index (χ1v) is 12.5. The normalized spacial score (nSPS) is 12.2. The quantitative estimate of drug-likeness (QED) is 0.203. The molecule has 0 aliphatic rings. The van der Waals surface area contributed by atoms with Crippen LogP contribution in [0.2, 0.25) is 10.0 Å². The standard InChI is InChI=1S/C24H19Cl2N3O3S/c1-15(28-30)22-14-29(24(27-22)23-20(25)7-4-8-21(23)26)18-11-9-16(10-12-18)17-5-3-6-19(13-17)33(2,31)32/h3-14,30H,1-2H3. The van der Waals surface area contributed by atoms with Crippen LogP contribution < -0.4 is 0 Å². The van der Waals surface area contributed by atoms with Crippen LogP contribution in [0.15, 0.2) is 83.0 Å². The van der Waals surface area contributed by atoms with Gasteiger partial charge in [-0.1, -0.05) is 58.7 Å². The lowest BCUT2D eigenvalue weighted by Crippen LogP contribution is -1.98. The number of hydrogen-bond acceptors (Lipinski definition) is 5. The van der Waals surface area contributed by atoms with E-state index < -0.39 is 9.84 Å². The molecule has 0 bridgehead atoms. The lowest BCUT2D eigenvalue weighted by atomic mass is 10.1. The molecule has 0 saturated carbocycles. The fraction of sp³-hybridized carbons (Fsp3) is 0.0833. The fourth-order valence-electron chi connectivity index (χ4n) is 3.41. The Kier molecular flexibility index (Phi) is 6.30. The molecule has 3 aromatic carbocycles. The molecule has 9 heteroatoms. The Morgan fingerprint density at radius 1 is 0.970 bits per heavy atom. The predicted octanol–water partition coefficient (Wildman–Crippen LogP) is 6.11. The number of nitrogens with zero attached hydrogens (tertiary/aromatic N) is 3. The Balaban J connectivity index is 1.82. The van der Waals surface area contributed by atoms with Gasteiger partial charge in [0.1, 0.15) is 17.2 Å². The van der Waals surface area contributed by atoms with Crippen LogP contribution in [0.25, 0.3) is 28.2 Å². The van der Waals surface area contributed by atoms with Crippen molar-refractivity contribution < 1.29 is 13.6 Å². The van der Waals surface area contributed by atoms with Crippen LogP contribution in [0.3, 0.4) is 0 Å². The zero-order chi connectivity index (χ0) is 23.8. The van der Waals surface area contributed by atoms with Gasteiger partial charge in [-0.15, -0.1) is 0 Å². The third-order valence-electron chi connectivity index (χ3n) is 5.15. The van der Waals surface area contributed by atoms with Crippen LogP contribution >= 0.6 is 23.2 Å². The maximum absolute atomic E-state index is 11.9. The molecule has 0 atom stereocenters. The minimum Gasteiger partial charge on any atom is -0.411 e. The minimum atomic E-state index is -3.31. The van der Waals surface area contributed by atoms with Crippen LogP contribution in [0.5, 0.6) is 0 Å². The number of aromatic nitrogens is 2. The number of hydrogen-bond donors (Lipinski definition) is 1. The molecule has 0 radical (unpaired) electrons. The van der Waals surface area contributed by atoms with Crippen molar-refractivity contribution in [2.24, 2.45) is 5.16 Å². The minimum absolute atomic E-state index is 0.262. The maximum atomic E-state index is 11.9. The Labute approximate surface area is 201 Å². The van der Waals surface area contributed by atoms with Crippen molar-refractivity contribution in [3.8, 4) is 28.2 Å². The molecule has 33 heavy (non-hydrogen) atoms. The number of benzene rings is 3. The van der Waals surface area contributed by atoms with E-state index in [1.54, 1.807) is 49.5 Å². The highest BCUT2D eigenvalue weighted by Crippen LogP contribution is 2.36. The third kappa shape index (κ3) is 4.66. The number of halogens is 2. The van der Waals surface area contributed by atoms with Crippen molar-refractivity contribution in [1.82, 2.24) is 9.55 Å². The third-order valence-corrected chi connectivity index (χ3v) is 6.89. The van der Waals surface area contributed by atoms with Crippen molar-refractivity contribution >= 4 is 38.8 Å². The molecular formula is C24H19Cl2N3O3S. The summed E-state index contributed by atoms with van der Waals surface area (Å²) in [5, 5.41) is 13.4. The first-order valence-electron chi connectivity index (χ1n) is 9.83. The molecule has 0 amide bonds. The van der Waals surface area contributed by atoms with Gasteiger partial charge in [-0.25, -0.2) is 13.4 Å². The van der Waals surface area contributed by atoms with Gasteiger partial charge in [0.25, 0.3) is 0 Å². The zero-order valence-electron chi connectivity index (χ0n) is 17.7. The van der Waals surface area contributed by atoms with E-state index in [0.717, 1.165) is 16.8 Å². The average molecular weight is 500 g/mol. The largest absolute Gasteiger partial charge is 0.411 e. The second kappa shape index (κ2) is 9.02. The average Bonchev–Trinajstić information content (AvgIpc) is 3.23. The lowest BCUT2D eigenvalue weighted by molar-refractivity contribution is 0.319. The number of rotatable bonds is 5. The molecule has 0 spiro atoms. The summed E-state index contributed by atoms with van der Waals surface area (Å²) >= 11 is 12.9. The summed E-state index contributed by atoms with van der Waals surface area (Å²) in [5.74, 6) is 0.496. The first kappa shape index (κ1) is 23.0. The highest BCUT2D eigenvalue weighted by atomic mass is 35.5. The van der Waals surface area contributed by atoms with Crippen LogP contribution in [0.4, 0.5) is 0 Å². The molecule has 6 nitrogen and oxygen atoms in total. The van der Waals surface area contributed by atoms with Gasteiger partial charge in [-0.2, -0.15) is 0 Å². The fourth-order valence-corrected chi connectivity index (χ4v) is 4.64. The van der Waals surface area contributed by atoms with Crippen LogP contribution in [-0.2, 0) is 9.84 Å². The molecule has 1 heterocycles. The van der Waals surface area contributed by atoms with Crippen molar-refractivity contribution in [3.63, 3.8) is 0 Å². The SMILES string of the molecule is CC(=NO)c1cn(-c2ccc(-c3cccc(S(C)(=O)=O)c3)cc2)c(-c2c(Cl)cccc2Cl)n1. The summed E-state index contributed by atoms with van der Waals surface area (Å²) in [6.45, 7) is 1.64. The molecule has 168 valence electrons. The van der Waals surface area contributed by atoms with Crippen molar-refractivity contribution in [3.05, 3.63) is 88.7 Å². The summed E-state index contributed by atoms with van der Waals surface area (Å²) in [4.78, 5) is 4.87. The summed E-state index contributed by atoms with van der Waals surface area (Å²) in [7, 11) is -3.31. The van der Waals surface area contributed by atoms with E-state index in [0.29, 0.717) is 32.8 Å². The van der Waals surface area contributed by atoms with Gasteiger partial charge in [0, 0.05) is 18.1 Å². The highest BCUT2D eigenvalue weighted by Gasteiger charge is 2.19. The van der Waals surface area contributed by atoms with Crippen molar-refractivity contribution in [2.45, 2.75) is 11.8 Å². The summed E-state index contributed by atoms with van der Waals surface area (Å²) in [6, 6.07) is 19.6. The van der Waals surface area contributed by atoms with Gasteiger partial charge < -0.3 is 5.21 Å². The molecular weight excluding hydrogens is 481 g/mol. The lowest BCUT2D eigenvalue weighted by Gasteiger charge is -2.11. The number of sulfone groups is 1. The molecule has 0 unspecified atom stereocenters. The summed E-state index contributed by atoms with van der Waals surface area (Å²) < 4.78 is 25.6. The van der Waals surface area contributed by atoms with Crippen molar-refractivity contribution in [1.29, 1.82) is 0 Å². The number of imidazole rings is 1. The van der Waals surface area contributed by atoms with E-state index in [9.17, 15) is 13.6 Å². The predicted molar refractivity (Wildman–Crippen MR) is 132 cm³/mol. The number of oxime groups is 1. The van der Waals surface area contributed by atoms with Crippen LogP contribution in [0, 0.1) is 0 Å². The Morgan fingerprint density at radius 2 is 1.61 bits per heavy atom.